The summed E-state index contributed by atoms with van der Waals surface area (Å²) in [4.78, 5) is 12.1. The SMILES string of the molecule is Cc1ccc(Nc2cc(-c3cnc(C)c(NS(=O)(=O)c4ccc(F)cc4F)c3)ccn2)cn1. The number of sulfonamides is 1. The molecule has 0 saturated heterocycles. The molecule has 4 aromatic rings. The van der Waals surface area contributed by atoms with Gasteiger partial charge in [-0.2, -0.15) is 0 Å². The molecule has 0 aliphatic rings. The van der Waals surface area contributed by atoms with Crippen LogP contribution < -0.4 is 10.0 Å². The van der Waals surface area contributed by atoms with Crippen LogP contribution in [0.25, 0.3) is 11.1 Å². The summed E-state index contributed by atoms with van der Waals surface area (Å²) in [6.07, 6.45) is 4.90. The Morgan fingerprint density at radius 3 is 2.39 bits per heavy atom. The van der Waals surface area contributed by atoms with Crippen molar-refractivity contribution in [3.8, 4) is 11.1 Å². The van der Waals surface area contributed by atoms with E-state index in [4.69, 9.17) is 0 Å². The molecule has 0 aliphatic carbocycles. The van der Waals surface area contributed by atoms with Gasteiger partial charge in [0, 0.05) is 29.7 Å². The molecule has 4 rings (SSSR count). The lowest BCUT2D eigenvalue weighted by molar-refractivity contribution is 0.551. The van der Waals surface area contributed by atoms with Crippen molar-refractivity contribution in [2.75, 3.05) is 10.0 Å². The van der Waals surface area contributed by atoms with Crippen molar-refractivity contribution in [3.63, 3.8) is 0 Å². The number of halogens is 2. The molecule has 3 heterocycles. The van der Waals surface area contributed by atoms with Crippen molar-refractivity contribution in [3.05, 3.63) is 90.1 Å². The van der Waals surface area contributed by atoms with Gasteiger partial charge in [0.05, 0.1) is 23.3 Å². The fourth-order valence-corrected chi connectivity index (χ4v) is 4.22. The lowest BCUT2D eigenvalue weighted by Gasteiger charge is -2.13. The van der Waals surface area contributed by atoms with Crippen molar-refractivity contribution in [1.29, 1.82) is 0 Å². The summed E-state index contributed by atoms with van der Waals surface area (Å²) >= 11 is 0. The van der Waals surface area contributed by atoms with Crippen LogP contribution in [-0.2, 0) is 10.0 Å². The standard InChI is InChI=1S/C23H19F2N5O2S/c1-14-3-5-19(13-27-14)29-23-10-16(7-8-26-23)17-9-21(15(2)28-12-17)30-33(31,32)22-6-4-18(24)11-20(22)25/h3-13,30H,1-2H3,(H,26,29). The highest BCUT2D eigenvalue weighted by molar-refractivity contribution is 7.92. The van der Waals surface area contributed by atoms with Gasteiger partial charge < -0.3 is 5.32 Å². The summed E-state index contributed by atoms with van der Waals surface area (Å²) in [6, 6.07) is 11.2. The Bertz CT molecular complexity index is 1430. The van der Waals surface area contributed by atoms with E-state index in [1.54, 1.807) is 43.7 Å². The Morgan fingerprint density at radius 1 is 0.848 bits per heavy atom. The highest BCUT2D eigenvalue weighted by Crippen LogP contribution is 2.28. The predicted molar refractivity (Wildman–Crippen MR) is 122 cm³/mol. The van der Waals surface area contributed by atoms with Gasteiger partial charge in [0.25, 0.3) is 10.0 Å². The highest BCUT2D eigenvalue weighted by Gasteiger charge is 2.21. The molecule has 1 aromatic carbocycles. The van der Waals surface area contributed by atoms with Crippen molar-refractivity contribution in [2.24, 2.45) is 0 Å². The van der Waals surface area contributed by atoms with Crippen LogP contribution in [0.15, 0.2) is 72.0 Å². The van der Waals surface area contributed by atoms with Gasteiger partial charge in [0.15, 0.2) is 0 Å². The van der Waals surface area contributed by atoms with Crippen molar-refractivity contribution < 1.29 is 17.2 Å². The second-order valence-corrected chi connectivity index (χ2v) is 8.93. The van der Waals surface area contributed by atoms with E-state index in [9.17, 15) is 17.2 Å². The summed E-state index contributed by atoms with van der Waals surface area (Å²) in [6.45, 7) is 3.51. The minimum absolute atomic E-state index is 0.172. The molecule has 3 aromatic heterocycles. The number of hydrogen-bond acceptors (Lipinski definition) is 6. The largest absolute Gasteiger partial charge is 0.339 e. The predicted octanol–water partition coefficient (Wildman–Crippen LogP) is 4.98. The maximum atomic E-state index is 14.0. The zero-order valence-electron chi connectivity index (χ0n) is 17.7. The first-order valence-corrected chi connectivity index (χ1v) is 11.3. The molecule has 0 bridgehead atoms. The number of hydrogen-bond donors (Lipinski definition) is 2. The molecule has 10 heteroatoms. The number of benzene rings is 1. The number of anilines is 3. The third-order valence-electron chi connectivity index (χ3n) is 4.79. The third kappa shape index (κ3) is 5.12. The summed E-state index contributed by atoms with van der Waals surface area (Å²) in [5.41, 5.74) is 3.57. The fourth-order valence-electron chi connectivity index (χ4n) is 3.06. The first-order chi connectivity index (χ1) is 15.7. The number of nitrogens with zero attached hydrogens (tertiary/aromatic N) is 3. The van der Waals surface area contributed by atoms with Gasteiger partial charge >= 0.3 is 0 Å². The van der Waals surface area contributed by atoms with E-state index in [0.717, 1.165) is 29.1 Å². The van der Waals surface area contributed by atoms with Crippen LogP contribution >= 0.6 is 0 Å². The molecule has 0 spiro atoms. The molecule has 0 amide bonds. The molecule has 168 valence electrons. The van der Waals surface area contributed by atoms with Crippen molar-refractivity contribution in [2.45, 2.75) is 18.7 Å². The van der Waals surface area contributed by atoms with E-state index in [-0.39, 0.29) is 5.69 Å². The van der Waals surface area contributed by atoms with Crippen LogP contribution in [0.2, 0.25) is 0 Å². The molecular formula is C23H19F2N5O2S. The van der Waals surface area contributed by atoms with Gasteiger partial charge in [0.2, 0.25) is 0 Å². The van der Waals surface area contributed by atoms with Gasteiger partial charge in [-0.05, 0) is 61.9 Å². The molecule has 0 atom stereocenters. The minimum Gasteiger partial charge on any atom is -0.339 e. The number of rotatable bonds is 6. The summed E-state index contributed by atoms with van der Waals surface area (Å²) in [5, 5.41) is 3.16. The quantitative estimate of drug-likeness (QED) is 0.415. The van der Waals surface area contributed by atoms with Crippen LogP contribution in [0, 0.1) is 25.5 Å². The van der Waals surface area contributed by atoms with E-state index in [2.05, 4.69) is 25.0 Å². The van der Waals surface area contributed by atoms with Crippen LogP contribution in [0.1, 0.15) is 11.4 Å². The second-order valence-electron chi connectivity index (χ2n) is 7.28. The van der Waals surface area contributed by atoms with Crippen LogP contribution in [0.4, 0.5) is 26.0 Å². The molecule has 0 saturated carbocycles. The molecule has 0 fully saturated rings. The Morgan fingerprint density at radius 2 is 1.67 bits per heavy atom. The van der Waals surface area contributed by atoms with Gasteiger partial charge in [-0.25, -0.2) is 22.2 Å². The van der Waals surface area contributed by atoms with Gasteiger partial charge in [0.1, 0.15) is 22.3 Å². The van der Waals surface area contributed by atoms with Crippen molar-refractivity contribution >= 4 is 27.2 Å². The lowest BCUT2D eigenvalue weighted by atomic mass is 10.1. The normalized spacial score (nSPS) is 11.3. The molecular weight excluding hydrogens is 448 g/mol. The molecule has 0 unspecified atom stereocenters. The first kappa shape index (κ1) is 22.3. The third-order valence-corrected chi connectivity index (χ3v) is 6.19. The lowest BCUT2D eigenvalue weighted by Crippen LogP contribution is -2.16. The van der Waals surface area contributed by atoms with E-state index >= 15 is 0 Å². The number of pyridine rings is 3. The summed E-state index contributed by atoms with van der Waals surface area (Å²) in [5.74, 6) is -1.48. The highest BCUT2D eigenvalue weighted by atomic mass is 32.2. The van der Waals surface area contributed by atoms with Gasteiger partial charge in [-0.1, -0.05) is 0 Å². The summed E-state index contributed by atoms with van der Waals surface area (Å²) in [7, 11) is -4.30. The zero-order valence-corrected chi connectivity index (χ0v) is 18.5. The Kier molecular flexibility index (Phi) is 6.01. The molecule has 0 radical (unpaired) electrons. The number of nitrogens with one attached hydrogen (secondary N) is 2. The number of aromatic nitrogens is 3. The van der Waals surface area contributed by atoms with E-state index < -0.39 is 26.6 Å². The molecule has 7 nitrogen and oxygen atoms in total. The zero-order chi connectivity index (χ0) is 23.6. The van der Waals surface area contributed by atoms with E-state index in [1.165, 1.54) is 0 Å². The maximum Gasteiger partial charge on any atom is 0.264 e. The van der Waals surface area contributed by atoms with Gasteiger partial charge in [-0.3, -0.25) is 14.7 Å². The van der Waals surface area contributed by atoms with Gasteiger partial charge in [-0.15, -0.1) is 0 Å². The number of aryl methyl sites for hydroxylation is 2. The average Bonchev–Trinajstić information content (AvgIpc) is 2.77. The maximum absolute atomic E-state index is 14.0. The molecule has 33 heavy (non-hydrogen) atoms. The monoisotopic (exact) mass is 467 g/mol. The average molecular weight is 468 g/mol. The molecule has 2 N–H and O–H groups in total. The Labute approximate surface area is 189 Å². The van der Waals surface area contributed by atoms with E-state index in [1.807, 2.05) is 19.1 Å². The Balaban J connectivity index is 1.63. The first-order valence-electron chi connectivity index (χ1n) is 9.82. The smallest absolute Gasteiger partial charge is 0.264 e. The van der Waals surface area contributed by atoms with Crippen LogP contribution in [0.5, 0.6) is 0 Å². The van der Waals surface area contributed by atoms with Crippen LogP contribution in [-0.4, -0.2) is 23.4 Å². The topological polar surface area (TPSA) is 96.9 Å². The Hall–Kier alpha value is -3.92. The molecule has 0 aliphatic heterocycles. The fraction of sp³-hybridized carbons (Fsp3) is 0.0870. The van der Waals surface area contributed by atoms with Crippen LogP contribution in [0.3, 0.4) is 0 Å². The summed E-state index contributed by atoms with van der Waals surface area (Å²) < 4.78 is 54.9. The minimum atomic E-state index is -4.30. The van der Waals surface area contributed by atoms with Crippen molar-refractivity contribution in [1.82, 2.24) is 15.0 Å². The van der Waals surface area contributed by atoms with E-state index in [0.29, 0.717) is 23.1 Å². The second kappa shape index (κ2) is 8.91.